The zero-order valence-corrected chi connectivity index (χ0v) is 9.01. The highest BCUT2D eigenvalue weighted by Crippen LogP contribution is 2.18. The third-order valence-corrected chi connectivity index (χ3v) is 2.29. The van der Waals surface area contributed by atoms with E-state index in [-0.39, 0.29) is 0 Å². The first kappa shape index (κ1) is 9.71. The van der Waals surface area contributed by atoms with E-state index in [4.69, 9.17) is 0 Å². The molecule has 0 aliphatic carbocycles. The monoisotopic (exact) mass is 198 g/mol. The lowest BCUT2D eigenvalue weighted by molar-refractivity contribution is 1.13. The number of benzene rings is 1. The number of aromatic nitrogens is 2. The molecule has 0 saturated carbocycles. The van der Waals surface area contributed by atoms with Gasteiger partial charge in [0.25, 0.3) is 0 Å². The molecule has 0 aliphatic rings. The molecule has 0 atom stereocenters. The van der Waals surface area contributed by atoms with Gasteiger partial charge < -0.3 is 4.40 Å². The number of hydrogen-bond acceptors (Lipinski definition) is 1. The van der Waals surface area contributed by atoms with E-state index in [1.54, 1.807) is 0 Å². The van der Waals surface area contributed by atoms with Crippen LogP contribution in [0.25, 0.3) is 16.4 Å². The minimum absolute atomic E-state index is 1.19. The van der Waals surface area contributed by atoms with Crippen molar-refractivity contribution in [2.24, 2.45) is 0 Å². The minimum atomic E-state index is 1.19. The molecule has 0 radical (unpaired) electrons. The summed E-state index contributed by atoms with van der Waals surface area (Å²) in [4.78, 5) is 4.10. The lowest BCUT2D eigenvalue weighted by atomic mass is 10.2. The summed E-state index contributed by atoms with van der Waals surface area (Å²) < 4.78 is 2.09. The summed E-state index contributed by atoms with van der Waals surface area (Å²) in [5.41, 5.74) is 2.40. The third kappa shape index (κ3) is 1.59. The number of fused-ring (bicyclic) bond motifs is 3. The average Bonchev–Trinajstić information content (AvgIpc) is 2.70. The molecule has 76 valence electrons. The van der Waals surface area contributed by atoms with Crippen molar-refractivity contribution in [1.29, 1.82) is 0 Å². The molecule has 0 saturated heterocycles. The summed E-state index contributed by atoms with van der Waals surface area (Å²) in [6.07, 6.45) is 3.66. The Morgan fingerprint density at radius 1 is 1.07 bits per heavy atom. The molecule has 0 amide bonds. The molecule has 0 fully saturated rings. The fraction of sp³-hybridized carbons (Fsp3) is 0.154. The van der Waals surface area contributed by atoms with Crippen LogP contribution in [-0.2, 0) is 0 Å². The van der Waals surface area contributed by atoms with Gasteiger partial charge in [0.2, 0.25) is 0 Å². The second kappa shape index (κ2) is 4.13. The van der Waals surface area contributed by atoms with Gasteiger partial charge in [-0.15, -0.1) is 0 Å². The van der Waals surface area contributed by atoms with Gasteiger partial charge in [0.05, 0.1) is 11.8 Å². The molecule has 2 heteroatoms. The second-order valence-corrected chi connectivity index (χ2v) is 3.08. The van der Waals surface area contributed by atoms with E-state index in [1.165, 1.54) is 16.4 Å². The van der Waals surface area contributed by atoms with Gasteiger partial charge in [0.15, 0.2) is 0 Å². The van der Waals surface area contributed by atoms with Crippen LogP contribution in [0.3, 0.4) is 0 Å². The van der Waals surface area contributed by atoms with Crippen molar-refractivity contribution in [1.82, 2.24) is 9.38 Å². The van der Waals surface area contributed by atoms with Crippen LogP contribution in [0.15, 0.2) is 48.9 Å². The molecule has 15 heavy (non-hydrogen) atoms. The van der Waals surface area contributed by atoms with Crippen LogP contribution in [0.1, 0.15) is 13.8 Å². The number of nitrogens with zero attached hydrogens (tertiary/aromatic N) is 2. The smallest absolute Gasteiger partial charge is 0.0995 e. The maximum Gasteiger partial charge on any atom is 0.0995 e. The largest absolute Gasteiger partial charge is 0.300 e. The van der Waals surface area contributed by atoms with Crippen molar-refractivity contribution in [2.75, 3.05) is 0 Å². The summed E-state index contributed by atoms with van der Waals surface area (Å²) in [7, 11) is 0. The number of rotatable bonds is 0. The summed E-state index contributed by atoms with van der Waals surface area (Å²) in [5, 5.41) is 1.26. The first-order valence-electron chi connectivity index (χ1n) is 5.25. The maximum absolute atomic E-state index is 4.10. The van der Waals surface area contributed by atoms with E-state index in [2.05, 4.69) is 33.7 Å². The Hall–Kier alpha value is -1.83. The van der Waals surface area contributed by atoms with Crippen molar-refractivity contribution in [3.05, 3.63) is 48.9 Å². The Kier molecular flexibility index (Phi) is 2.68. The molecule has 2 nitrogen and oxygen atoms in total. The van der Waals surface area contributed by atoms with Crippen LogP contribution in [-0.4, -0.2) is 9.38 Å². The quantitative estimate of drug-likeness (QED) is 0.540. The van der Waals surface area contributed by atoms with Crippen LogP contribution in [0, 0.1) is 0 Å². The molecule has 0 bridgehead atoms. The molecule has 3 aromatic rings. The lowest BCUT2D eigenvalue weighted by Crippen LogP contribution is -1.83. The van der Waals surface area contributed by atoms with Crippen LogP contribution < -0.4 is 0 Å². The van der Waals surface area contributed by atoms with Crippen molar-refractivity contribution < 1.29 is 0 Å². The Morgan fingerprint density at radius 2 is 1.87 bits per heavy atom. The standard InChI is InChI=1S/C11H8N2.C2H6/c1-2-4-11-9(3-1)7-10-5-6-12-8-13(10)11;1-2/h1-8H;1-2H3. The number of hydrogen-bond donors (Lipinski definition) is 0. The van der Waals surface area contributed by atoms with Gasteiger partial charge >= 0.3 is 0 Å². The summed E-state index contributed by atoms with van der Waals surface area (Å²) >= 11 is 0. The SMILES string of the molecule is CC.c1ccc2c(c1)cc1ccncn12. The first-order valence-corrected chi connectivity index (χ1v) is 5.25. The van der Waals surface area contributed by atoms with E-state index in [0.717, 1.165) is 0 Å². The van der Waals surface area contributed by atoms with E-state index in [1.807, 2.05) is 38.5 Å². The van der Waals surface area contributed by atoms with Gasteiger partial charge in [-0.05, 0) is 18.2 Å². The highest BCUT2D eigenvalue weighted by molar-refractivity contribution is 5.86. The fourth-order valence-electron chi connectivity index (χ4n) is 1.68. The molecule has 0 N–H and O–H groups in total. The summed E-state index contributed by atoms with van der Waals surface area (Å²) in [5.74, 6) is 0. The predicted octanol–water partition coefficient (Wildman–Crippen LogP) is 3.51. The summed E-state index contributed by atoms with van der Waals surface area (Å²) in [6.45, 7) is 4.00. The van der Waals surface area contributed by atoms with Crippen LogP contribution in [0.2, 0.25) is 0 Å². The first-order chi connectivity index (χ1) is 7.45. The van der Waals surface area contributed by atoms with Crippen molar-refractivity contribution in [3.63, 3.8) is 0 Å². The predicted molar refractivity (Wildman–Crippen MR) is 64.0 cm³/mol. The Labute approximate surface area is 89.2 Å². The van der Waals surface area contributed by atoms with Crippen LogP contribution >= 0.6 is 0 Å². The second-order valence-electron chi connectivity index (χ2n) is 3.08. The van der Waals surface area contributed by atoms with Gasteiger partial charge in [-0.3, -0.25) is 0 Å². The van der Waals surface area contributed by atoms with Gasteiger partial charge in [0.1, 0.15) is 0 Å². The van der Waals surface area contributed by atoms with Gasteiger partial charge in [-0.2, -0.15) is 0 Å². The number of para-hydroxylation sites is 1. The molecule has 2 heterocycles. The molecular weight excluding hydrogens is 184 g/mol. The van der Waals surface area contributed by atoms with E-state index in [9.17, 15) is 0 Å². The van der Waals surface area contributed by atoms with Crippen LogP contribution in [0.5, 0.6) is 0 Å². The molecule has 0 spiro atoms. The van der Waals surface area contributed by atoms with Crippen molar-refractivity contribution >= 4 is 16.4 Å². The molecule has 3 rings (SSSR count). The highest BCUT2D eigenvalue weighted by atomic mass is 14.9. The normalized spacial score (nSPS) is 10.0. The van der Waals surface area contributed by atoms with Crippen molar-refractivity contribution in [2.45, 2.75) is 13.8 Å². The summed E-state index contributed by atoms with van der Waals surface area (Å²) in [6, 6.07) is 12.5. The molecule has 2 aromatic heterocycles. The van der Waals surface area contributed by atoms with Crippen LogP contribution in [0.4, 0.5) is 0 Å². The van der Waals surface area contributed by atoms with E-state index in [0.29, 0.717) is 0 Å². The fourth-order valence-corrected chi connectivity index (χ4v) is 1.68. The lowest BCUT2D eigenvalue weighted by Gasteiger charge is -1.93. The molecule has 1 aromatic carbocycles. The average molecular weight is 198 g/mol. The Balaban J connectivity index is 0.000000404. The van der Waals surface area contributed by atoms with E-state index < -0.39 is 0 Å². The minimum Gasteiger partial charge on any atom is -0.300 e. The van der Waals surface area contributed by atoms with Gasteiger partial charge in [-0.25, -0.2) is 4.98 Å². The zero-order chi connectivity index (χ0) is 10.7. The van der Waals surface area contributed by atoms with E-state index >= 15 is 0 Å². The van der Waals surface area contributed by atoms with Gasteiger partial charge in [0, 0.05) is 17.1 Å². The van der Waals surface area contributed by atoms with Gasteiger partial charge in [-0.1, -0.05) is 32.0 Å². The topological polar surface area (TPSA) is 17.3 Å². The Bertz CT molecular complexity index is 516. The highest BCUT2D eigenvalue weighted by Gasteiger charge is 1.98. The maximum atomic E-state index is 4.10. The zero-order valence-electron chi connectivity index (χ0n) is 9.01. The molecular formula is C13H14N2. The molecule has 0 unspecified atom stereocenters. The third-order valence-electron chi connectivity index (χ3n) is 2.29. The van der Waals surface area contributed by atoms with Crippen molar-refractivity contribution in [3.8, 4) is 0 Å². The molecule has 0 aliphatic heterocycles. The Morgan fingerprint density at radius 3 is 2.73 bits per heavy atom.